The number of hydrogen-bond acceptors (Lipinski definition) is 3. The smallest absolute Gasteiger partial charge is 0.318 e. The number of carbonyl (C=O) groups excluding carboxylic acids is 1. The van der Waals surface area contributed by atoms with Gasteiger partial charge in [-0.05, 0) is 31.0 Å². The van der Waals surface area contributed by atoms with Crippen LogP contribution in [0.25, 0.3) is 0 Å². The van der Waals surface area contributed by atoms with Crippen LogP contribution in [0.15, 0.2) is 18.2 Å². The van der Waals surface area contributed by atoms with Gasteiger partial charge in [-0.3, -0.25) is 0 Å². The van der Waals surface area contributed by atoms with Crippen LogP contribution >= 0.6 is 0 Å². The quantitative estimate of drug-likeness (QED) is 0.833. The molecule has 0 aromatic heterocycles. The molecule has 5 nitrogen and oxygen atoms in total. The van der Waals surface area contributed by atoms with Crippen LogP contribution in [0.1, 0.15) is 11.1 Å². The largest absolute Gasteiger partial charge is 0.368 e. The molecule has 1 aromatic carbocycles. The van der Waals surface area contributed by atoms with Crippen molar-refractivity contribution in [2.24, 2.45) is 0 Å². The molecule has 1 aliphatic heterocycles. The molecule has 0 atom stereocenters. The van der Waals surface area contributed by atoms with Crippen LogP contribution in [0.2, 0.25) is 0 Å². The van der Waals surface area contributed by atoms with Gasteiger partial charge in [-0.15, -0.1) is 0 Å². The van der Waals surface area contributed by atoms with Crippen molar-refractivity contribution in [1.29, 1.82) is 5.26 Å². The molecule has 0 spiro atoms. The fourth-order valence-corrected chi connectivity index (χ4v) is 2.46. The Morgan fingerprint density at radius 1 is 1.30 bits per heavy atom. The van der Waals surface area contributed by atoms with Crippen molar-refractivity contribution in [1.82, 2.24) is 10.2 Å². The van der Waals surface area contributed by atoms with Gasteiger partial charge in [0.15, 0.2) is 0 Å². The van der Waals surface area contributed by atoms with Crippen LogP contribution in [0.4, 0.5) is 10.5 Å². The number of nitrogens with zero attached hydrogens (tertiary/aromatic N) is 3. The summed E-state index contributed by atoms with van der Waals surface area (Å²) in [5.41, 5.74) is 3.84. The average Bonchev–Trinajstić information content (AvgIpc) is 2.48. The van der Waals surface area contributed by atoms with E-state index in [1.54, 1.807) is 4.90 Å². The molecular formula is C15H20N4O. The molecule has 1 saturated heterocycles. The Labute approximate surface area is 119 Å². The molecule has 0 aliphatic carbocycles. The fraction of sp³-hybridized carbons (Fsp3) is 0.467. The van der Waals surface area contributed by atoms with Gasteiger partial charge in [0.2, 0.25) is 0 Å². The molecular weight excluding hydrogens is 252 g/mol. The third-order valence-electron chi connectivity index (χ3n) is 3.80. The van der Waals surface area contributed by atoms with E-state index in [4.69, 9.17) is 5.26 Å². The first-order valence-corrected chi connectivity index (χ1v) is 6.84. The fourth-order valence-electron chi connectivity index (χ4n) is 2.46. The van der Waals surface area contributed by atoms with Gasteiger partial charge in [0.25, 0.3) is 0 Å². The highest BCUT2D eigenvalue weighted by Gasteiger charge is 2.21. The summed E-state index contributed by atoms with van der Waals surface area (Å²) in [6.45, 7) is 7.33. The monoisotopic (exact) mass is 272 g/mol. The van der Waals surface area contributed by atoms with E-state index in [2.05, 4.69) is 42.3 Å². The summed E-state index contributed by atoms with van der Waals surface area (Å²) in [6.07, 6.45) is 0. The zero-order valence-corrected chi connectivity index (χ0v) is 12.0. The number of nitriles is 1. The maximum Gasteiger partial charge on any atom is 0.318 e. The van der Waals surface area contributed by atoms with E-state index in [1.165, 1.54) is 16.8 Å². The predicted molar refractivity (Wildman–Crippen MR) is 78.7 cm³/mol. The van der Waals surface area contributed by atoms with Gasteiger partial charge in [-0.25, -0.2) is 4.79 Å². The van der Waals surface area contributed by atoms with Crippen LogP contribution in [0.5, 0.6) is 0 Å². The van der Waals surface area contributed by atoms with Gasteiger partial charge in [-0.1, -0.05) is 12.1 Å². The van der Waals surface area contributed by atoms with Crippen molar-refractivity contribution in [3.63, 3.8) is 0 Å². The highest BCUT2D eigenvalue weighted by molar-refractivity contribution is 5.74. The first-order valence-electron chi connectivity index (χ1n) is 6.84. The lowest BCUT2D eigenvalue weighted by atomic mass is 10.1. The van der Waals surface area contributed by atoms with Crippen LogP contribution in [0, 0.1) is 25.2 Å². The zero-order chi connectivity index (χ0) is 14.5. The maximum absolute atomic E-state index is 11.8. The summed E-state index contributed by atoms with van der Waals surface area (Å²) in [5, 5.41) is 11.1. The van der Waals surface area contributed by atoms with Gasteiger partial charge >= 0.3 is 6.03 Å². The van der Waals surface area contributed by atoms with Crippen LogP contribution in [0.3, 0.4) is 0 Å². The number of hydrogen-bond donors (Lipinski definition) is 1. The lowest BCUT2D eigenvalue weighted by Crippen LogP contribution is -2.52. The molecule has 106 valence electrons. The molecule has 0 radical (unpaired) electrons. The number of piperazine rings is 1. The minimum atomic E-state index is -0.146. The predicted octanol–water partition coefficient (Wildman–Crippen LogP) is 1.66. The second kappa shape index (κ2) is 6.29. The second-order valence-electron chi connectivity index (χ2n) is 5.01. The summed E-state index contributed by atoms with van der Waals surface area (Å²) in [5.74, 6) is 0. The van der Waals surface area contributed by atoms with Crippen LogP contribution < -0.4 is 10.2 Å². The summed E-state index contributed by atoms with van der Waals surface area (Å²) >= 11 is 0. The number of anilines is 1. The number of aryl methyl sites for hydroxylation is 1. The Balaban J connectivity index is 1.96. The topological polar surface area (TPSA) is 59.4 Å². The number of nitrogens with one attached hydrogen (secondary N) is 1. The Morgan fingerprint density at radius 2 is 2.00 bits per heavy atom. The molecule has 1 aromatic rings. The van der Waals surface area contributed by atoms with Crippen molar-refractivity contribution < 1.29 is 4.79 Å². The maximum atomic E-state index is 11.8. The normalized spacial score (nSPS) is 14.8. The van der Waals surface area contributed by atoms with Gasteiger partial charge in [0.05, 0.1) is 6.07 Å². The van der Waals surface area contributed by atoms with Crippen molar-refractivity contribution in [2.75, 3.05) is 37.6 Å². The van der Waals surface area contributed by atoms with Gasteiger partial charge in [0, 0.05) is 31.9 Å². The number of benzene rings is 1. The molecule has 0 unspecified atom stereocenters. The van der Waals surface area contributed by atoms with E-state index in [1.807, 2.05) is 6.07 Å². The minimum absolute atomic E-state index is 0.0655. The van der Waals surface area contributed by atoms with Crippen molar-refractivity contribution >= 4 is 11.7 Å². The van der Waals surface area contributed by atoms with E-state index < -0.39 is 0 Å². The molecule has 0 bridgehead atoms. The first-order chi connectivity index (χ1) is 9.63. The summed E-state index contributed by atoms with van der Waals surface area (Å²) < 4.78 is 0. The molecule has 1 N–H and O–H groups in total. The van der Waals surface area contributed by atoms with Gasteiger partial charge < -0.3 is 15.1 Å². The molecule has 0 saturated carbocycles. The lowest BCUT2D eigenvalue weighted by Gasteiger charge is -2.36. The highest BCUT2D eigenvalue weighted by Crippen LogP contribution is 2.23. The second-order valence-corrected chi connectivity index (χ2v) is 5.01. The number of amides is 2. The van der Waals surface area contributed by atoms with Crippen LogP contribution in [-0.2, 0) is 0 Å². The van der Waals surface area contributed by atoms with E-state index in [-0.39, 0.29) is 12.6 Å². The molecule has 1 heterocycles. The molecule has 1 aliphatic rings. The van der Waals surface area contributed by atoms with Crippen molar-refractivity contribution in [3.8, 4) is 6.07 Å². The lowest BCUT2D eigenvalue weighted by molar-refractivity contribution is 0.195. The third-order valence-corrected chi connectivity index (χ3v) is 3.80. The Kier molecular flexibility index (Phi) is 4.46. The molecule has 5 heteroatoms. The van der Waals surface area contributed by atoms with Crippen molar-refractivity contribution in [2.45, 2.75) is 13.8 Å². The average molecular weight is 272 g/mol. The molecule has 2 rings (SSSR count). The molecule has 1 fully saturated rings. The Bertz CT molecular complexity index is 527. The molecule has 20 heavy (non-hydrogen) atoms. The van der Waals surface area contributed by atoms with E-state index in [0.717, 1.165) is 13.1 Å². The van der Waals surface area contributed by atoms with E-state index >= 15 is 0 Å². The zero-order valence-electron chi connectivity index (χ0n) is 12.0. The summed E-state index contributed by atoms with van der Waals surface area (Å²) in [7, 11) is 0. The van der Waals surface area contributed by atoms with E-state index in [0.29, 0.717) is 13.1 Å². The highest BCUT2D eigenvalue weighted by atomic mass is 16.2. The third kappa shape index (κ3) is 3.02. The number of urea groups is 1. The number of carbonyl (C=O) groups is 1. The Hall–Kier alpha value is -2.22. The summed E-state index contributed by atoms with van der Waals surface area (Å²) in [4.78, 5) is 15.8. The Morgan fingerprint density at radius 3 is 2.65 bits per heavy atom. The standard InChI is InChI=1S/C15H20N4O/c1-12-4-3-5-14(13(12)2)18-8-10-19(11-9-18)15(20)17-7-6-16/h3-5H,7-11H2,1-2H3,(H,17,20). The van der Waals surface area contributed by atoms with Crippen LogP contribution in [-0.4, -0.2) is 43.7 Å². The SMILES string of the molecule is Cc1cccc(N2CCN(C(=O)NCC#N)CC2)c1C. The molecule has 2 amide bonds. The van der Waals surface area contributed by atoms with Crippen molar-refractivity contribution in [3.05, 3.63) is 29.3 Å². The summed E-state index contributed by atoms with van der Waals surface area (Å²) in [6, 6.07) is 8.09. The van der Waals surface area contributed by atoms with Gasteiger partial charge in [0.1, 0.15) is 6.54 Å². The first kappa shape index (κ1) is 14.2. The number of rotatable bonds is 2. The van der Waals surface area contributed by atoms with E-state index in [9.17, 15) is 4.79 Å². The van der Waals surface area contributed by atoms with Gasteiger partial charge in [-0.2, -0.15) is 5.26 Å². The minimum Gasteiger partial charge on any atom is -0.368 e.